The van der Waals surface area contributed by atoms with Gasteiger partial charge in [-0.2, -0.15) is 0 Å². The average molecular weight is 293 g/mol. The van der Waals surface area contributed by atoms with E-state index in [9.17, 15) is 4.79 Å². The summed E-state index contributed by atoms with van der Waals surface area (Å²) in [7, 11) is 5.84. The lowest BCUT2D eigenvalue weighted by atomic mass is 10.00. The Balaban J connectivity index is 0.00000220. The van der Waals surface area contributed by atoms with Crippen LogP contribution in [0.4, 0.5) is 10.5 Å². The fourth-order valence-electron chi connectivity index (χ4n) is 2.44. The van der Waals surface area contributed by atoms with E-state index in [1.54, 1.807) is 11.9 Å². The number of benzene rings is 1. The van der Waals surface area contributed by atoms with Crippen molar-refractivity contribution in [2.75, 3.05) is 46.1 Å². The highest BCUT2D eigenvalue weighted by atomic mass is 16.6. The highest BCUT2D eigenvalue weighted by molar-refractivity contribution is 5.73. The second-order valence-corrected chi connectivity index (χ2v) is 5.44. The lowest BCUT2D eigenvalue weighted by Gasteiger charge is -2.20. The molecule has 0 bridgehead atoms. The van der Waals surface area contributed by atoms with Crippen molar-refractivity contribution >= 4 is 11.8 Å². The molecule has 1 atom stereocenters. The summed E-state index contributed by atoms with van der Waals surface area (Å²) in [6.07, 6.45) is -0.309. The largest absolute Gasteiger partial charge is 0.414 e. The van der Waals surface area contributed by atoms with E-state index in [0.29, 0.717) is 18.2 Å². The van der Waals surface area contributed by atoms with E-state index < -0.39 is 0 Å². The smallest absolute Gasteiger partial charge is 0.410 e. The molecule has 0 spiro atoms. The predicted octanol–water partition coefficient (Wildman–Crippen LogP) is 2.84. The monoisotopic (exact) mass is 293 g/mol. The summed E-state index contributed by atoms with van der Waals surface area (Å²) in [4.78, 5) is 15.7. The van der Waals surface area contributed by atoms with Gasteiger partial charge in [0.2, 0.25) is 0 Å². The average Bonchev–Trinajstić information content (AvgIpc) is 2.81. The van der Waals surface area contributed by atoms with Crippen LogP contribution in [0.2, 0.25) is 0 Å². The van der Waals surface area contributed by atoms with Gasteiger partial charge < -0.3 is 19.9 Å². The number of likely N-dealkylation sites (N-methyl/N-ethyl adjacent to an activating group) is 1. The van der Waals surface area contributed by atoms with Crippen LogP contribution in [0.3, 0.4) is 0 Å². The summed E-state index contributed by atoms with van der Waals surface area (Å²) in [6, 6.07) is 5.82. The molecule has 1 aromatic rings. The number of hydrogen-bond acceptors (Lipinski definition) is 4. The highest BCUT2D eigenvalue weighted by Gasteiger charge is 2.27. The molecule has 21 heavy (non-hydrogen) atoms. The number of nitrogens with one attached hydrogen (secondary N) is 1. The van der Waals surface area contributed by atoms with Crippen molar-refractivity contribution in [1.82, 2.24) is 9.80 Å². The van der Waals surface area contributed by atoms with Crippen LogP contribution < -0.4 is 10.1 Å². The maximum absolute atomic E-state index is 11.9. The first-order valence-electron chi connectivity index (χ1n) is 6.97. The molecule has 0 radical (unpaired) electrons. The van der Waals surface area contributed by atoms with Crippen LogP contribution in [0.5, 0.6) is 5.75 Å². The molecule has 1 aliphatic rings. The Labute approximate surface area is 127 Å². The van der Waals surface area contributed by atoms with Gasteiger partial charge >= 0.3 is 6.09 Å². The quantitative estimate of drug-likeness (QED) is 0.927. The maximum atomic E-state index is 11.9. The molecule has 0 saturated heterocycles. The fourth-order valence-corrected chi connectivity index (χ4v) is 2.44. The second-order valence-electron chi connectivity index (χ2n) is 5.44. The van der Waals surface area contributed by atoms with Gasteiger partial charge in [-0.3, -0.25) is 0 Å². The van der Waals surface area contributed by atoms with Crippen LogP contribution in [-0.2, 0) is 0 Å². The number of amides is 1. The zero-order chi connectivity index (χ0) is 14.7. The van der Waals surface area contributed by atoms with Gasteiger partial charge in [0.05, 0.1) is 0 Å². The third-order valence-corrected chi connectivity index (χ3v) is 3.58. The van der Waals surface area contributed by atoms with Crippen LogP contribution >= 0.6 is 0 Å². The van der Waals surface area contributed by atoms with E-state index in [4.69, 9.17) is 4.74 Å². The van der Waals surface area contributed by atoms with E-state index >= 15 is 0 Å². The number of rotatable bonds is 4. The minimum absolute atomic E-state index is 0. The number of hydrogen-bond donors (Lipinski definition) is 1. The van der Waals surface area contributed by atoms with Crippen LogP contribution in [-0.4, -0.2) is 56.7 Å². The summed E-state index contributed by atoms with van der Waals surface area (Å²) in [5.41, 5.74) is 2.18. The zero-order valence-corrected chi connectivity index (χ0v) is 12.6. The molecule has 0 saturated carbocycles. The number of nitrogens with zero attached hydrogens (tertiary/aromatic N) is 2. The number of fused-ring (bicyclic) bond motifs is 1. The van der Waals surface area contributed by atoms with Crippen molar-refractivity contribution in [3.8, 4) is 5.75 Å². The van der Waals surface area contributed by atoms with Crippen LogP contribution in [0.1, 0.15) is 25.8 Å². The van der Waals surface area contributed by atoms with Crippen molar-refractivity contribution in [3.63, 3.8) is 0 Å². The minimum Gasteiger partial charge on any atom is -0.410 e. The van der Waals surface area contributed by atoms with E-state index in [-0.39, 0.29) is 13.5 Å². The number of ether oxygens (including phenoxy) is 1. The molecule has 1 aliphatic heterocycles. The summed E-state index contributed by atoms with van der Waals surface area (Å²) in [6.45, 7) is 4.37. The molecule has 1 aromatic carbocycles. The number of carbonyl (C=O) groups is 1. The second kappa shape index (κ2) is 7.31. The molecule has 2 rings (SSSR count). The molecule has 5 nitrogen and oxygen atoms in total. The summed E-state index contributed by atoms with van der Waals surface area (Å²) >= 11 is 0. The lowest BCUT2D eigenvalue weighted by Crippen LogP contribution is -2.30. The third-order valence-electron chi connectivity index (χ3n) is 3.58. The van der Waals surface area contributed by atoms with Gasteiger partial charge in [0.1, 0.15) is 5.75 Å². The van der Waals surface area contributed by atoms with Gasteiger partial charge in [0.25, 0.3) is 0 Å². The van der Waals surface area contributed by atoms with Crippen molar-refractivity contribution in [1.29, 1.82) is 0 Å². The Morgan fingerprint density at radius 3 is 2.71 bits per heavy atom. The van der Waals surface area contributed by atoms with Crippen molar-refractivity contribution in [3.05, 3.63) is 23.8 Å². The van der Waals surface area contributed by atoms with Crippen molar-refractivity contribution in [2.24, 2.45) is 0 Å². The number of carbonyl (C=O) groups excluding carboxylic acids is 1. The van der Waals surface area contributed by atoms with Crippen molar-refractivity contribution in [2.45, 2.75) is 20.3 Å². The van der Waals surface area contributed by atoms with Gasteiger partial charge in [0, 0.05) is 43.9 Å². The van der Waals surface area contributed by atoms with Crippen LogP contribution in [0.15, 0.2) is 18.2 Å². The number of anilines is 1. The van der Waals surface area contributed by atoms with E-state index in [1.807, 2.05) is 25.1 Å². The van der Waals surface area contributed by atoms with Gasteiger partial charge in [-0.15, -0.1) is 0 Å². The molecular weight excluding hydrogens is 266 g/mol. The predicted molar refractivity (Wildman–Crippen MR) is 87.3 cm³/mol. The summed E-state index contributed by atoms with van der Waals surface area (Å²) in [5, 5.41) is 3.38. The molecule has 1 N–H and O–H groups in total. The Hall–Kier alpha value is -1.75. The van der Waals surface area contributed by atoms with Gasteiger partial charge in [-0.25, -0.2) is 4.79 Å². The summed E-state index contributed by atoms with van der Waals surface area (Å²) < 4.78 is 5.55. The standard InChI is InChI=1S/C15H23N3O2.CH4/c1-5-18(4)15(19)20-13-8-6-7-12-14(13)11(9-16-12)10-17(2)3;/h6-8,11,16H,5,9-10H2,1-4H3;1H4. The Kier molecular flexibility index (Phi) is 6.03. The van der Waals surface area contributed by atoms with Crippen LogP contribution in [0.25, 0.3) is 0 Å². The maximum Gasteiger partial charge on any atom is 0.414 e. The molecule has 1 amide bonds. The molecule has 5 heteroatoms. The normalized spacial score (nSPS) is 16.0. The van der Waals surface area contributed by atoms with Crippen molar-refractivity contribution < 1.29 is 9.53 Å². The van der Waals surface area contributed by atoms with Gasteiger partial charge in [-0.05, 0) is 33.2 Å². The first kappa shape index (κ1) is 17.3. The molecule has 0 aromatic heterocycles. The van der Waals surface area contributed by atoms with Gasteiger partial charge in [-0.1, -0.05) is 13.5 Å². The summed E-state index contributed by atoms with van der Waals surface area (Å²) in [5.74, 6) is 1.01. The first-order chi connectivity index (χ1) is 9.52. The van der Waals surface area contributed by atoms with E-state index in [1.165, 1.54) is 0 Å². The lowest BCUT2D eigenvalue weighted by molar-refractivity contribution is 0.164. The fraction of sp³-hybridized carbons (Fsp3) is 0.562. The molecule has 1 unspecified atom stereocenters. The first-order valence-corrected chi connectivity index (χ1v) is 6.97. The molecule has 1 heterocycles. The van der Waals surface area contributed by atoms with Crippen LogP contribution in [0, 0.1) is 0 Å². The third kappa shape index (κ3) is 3.88. The van der Waals surface area contributed by atoms with Gasteiger partial charge in [0.15, 0.2) is 0 Å². The minimum atomic E-state index is -0.309. The van der Waals surface area contributed by atoms with E-state index in [2.05, 4.69) is 24.3 Å². The zero-order valence-electron chi connectivity index (χ0n) is 12.6. The Morgan fingerprint density at radius 2 is 2.10 bits per heavy atom. The Bertz CT molecular complexity index is 488. The topological polar surface area (TPSA) is 44.8 Å². The molecule has 0 fully saturated rings. The molecular formula is C16H27N3O2. The highest BCUT2D eigenvalue weighted by Crippen LogP contribution is 2.38. The molecule has 118 valence electrons. The van der Waals surface area contributed by atoms with E-state index in [0.717, 1.165) is 24.3 Å². The molecule has 0 aliphatic carbocycles. The SMILES string of the molecule is C.CCN(C)C(=O)Oc1cccc2c1C(CN(C)C)CN2. The Morgan fingerprint density at radius 1 is 1.38 bits per heavy atom.